The zero-order valence-corrected chi connectivity index (χ0v) is 42.1. The Balaban J connectivity index is 1.07. The van der Waals surface area contributed by atoms with E-state index in [9.17, 15) is 0 Å². The predicted molar refractivity (Wildman–Crippen MR) is 316 cm³/mol. The van der Waals surface area contributed by atoms with E-state index in [2.05, 4.69) is 313 Å². The van der Waals surface area contributed by atoms with Gasteiger partial charge in [0.15, 0.2) is 11.5 Å². The molecule has 0 radical (unpaired) electrons. The van der Waals surface area contributed by atoms with E-state index in [-0.39, 0.29) is 0 Å². The molecule has 0 N–H and O–H groups in total. The summed E-state index contributed by atoms with van der Waals surface area (Å²) >= 11 is 0. The standard InChI is InChI=1S/C73H50N2O2/c1-5-23-51(24-6-1)55-31-17-35-59(47-55)74(60-36-18-32-56(48-60)52-25-7-2-8-26-52)67-43-21-41-65-71(67)77-72-66(73(65)63-39-13-15-45-69(63)76-70-46-16-14-40-64(70)73)42-22-44-68(72)75(61-37-19-33-57(49-61)53-27-9-3-10-28-53)62-38-20-34-58(50-62)54-29-11-4-12-30-54/h1-50H. The van der Waals surface area contributed by atoms with E-state index >= 15 is 0 Å². The van der Waals surface area contributed by atoms with Crippen LogP contribution in [0.4, 0.5) is 34.1 Å². The van der Waals surface area contributed by atoms with Gasteiger partial charge in [0, 0.05) is 45.0 Å². The van der Waals surface area contributed by atoms with Crippen molar-refractivity contribution in [1.29, 1.82) is 0 Å². The van der Waals surface area contributed by atoms with Crippen LogP contribution in [0, 0.1) is 0 Å². The van der Waals surface area contributed by atoms with Crippen molar-refractivity contribution in [1.82, 2.24) is 0 Å². The molecule has 14 rings (SSSR count). The molecule has 364 valence electrons. The van der Waals surface area contributed by atoms with Crippen LogP contribution in [-0.4, -0.2) is 0 Å². The lowest BCUT2D eigenvalue weighted by Gasteiger charge is -2.46. The number of ether oxygens (including phenoxy) is 2. The van der Waals surface area contributed by atoms with E-state index < -0.39 is 5.41 Å². The Morgan fingerprint density at radius 2 is 0.494 bits per heavy atom. The second-order valence-corrected chi connectivity index (χ2v) is 19.6. The van der Waals surface area contributed by atoms with E-state index in [0.717, 1.165) is 124 Å². The lowest BCUT2D eigenvalue weighted by molar-refractivity contribution is 0.400. The van der Waals surface area contributed by atoms with Crippen LogP contribution in [0.1, 0.15) is 22.3 Å². The molecule has 4 nitrogen and oxygen atoms in total. The Morgan fingerprint density at radius 3 is 0.831 bits per heavy atom. The number of benzene rings is 12. The van der Waals surface area contributed by atoms with Gasteiger partial charge in [0.1, 0.15) is 11.5 Å². The van der Waals surface area contributed by atoms with Crippen molar-refractivity contribution >= 4 is 34.1 Å². The summed E-state index contributed by atoms with van der Waals surface area (Å²) in [5.74, 6) is 3.08. The van der Waals surface area contributed by atoms with Gasteiger partial charge >= 0.3 is 0 Å². The lowest BCUT2D eigenvalue weighted by Crippen LogP contribution is -2.37. The second kappa shape index (κ2) is 19.3. The zero-order valence-electron chi connectivity index (χ0n) is 42.1. The molecule has 0 amide bonds. The first-order chi connectivity index (χ1) is 38.2. The van der Waals surface area contributed by atoms with Gasteiger partial charge in [0.2, 0.25) is 0 Å². The van der Waals surface area contributed by atoms with Crippen LogP contribution >= 0.6 is 0 Å². The van der Waals surface area contributed by atoms with Crippen LogP contribution in [0.3, 0.4) is 0 Å². The maximum absolute atomic E-state index is 7.98. The first kappa shape index (κ1) is 45.5. The number of fused-ring (bicyclic) bond motifs is 8. The molecule has 0 aliphatic carbocycles. The molecule has 0 unspecified atom stereocenters. The van der Waals surface area contributed by atoms with Gasteiger partial charge < -0.3 is 19.3 Å². The zero-order chi connectivity index (χ0) is 51.1. The summed E-state index contributed by atoms with van der Waals surface area (Å²) in [6.07, 6.45) is 0. The molecule has 12 aromatic carbocycles. The van der Waals surface area contributed by atoms with Gasteiger partial charge in [-0.25, -0.2) is 0 Å². The van der Waals surface area contributed by atoms with Gasteiger partial charge in [-0.15, -0.1) is 0 Å². The summed E-state index contributed by atoms with van der Waals surface area (Å²) in [5.41, 5.74) is 17.9. The van der Waals surface area contributed by atoms with E-state index in [1.165, 1.54) is 0 Å². The SMILES string of the molecule is c1ccc(-c2cccc(N(c3cccc(-c4ccccc4)c3)c3cccc4c3Oc3c(N(c5cccc(-c6ccccc6)c5)c5cccc(-c6ccccc6)c5)cccc3C43c4ccccc4Oc4ccccc43)c2)cc1. The van der Waals surface area contributed by atoms with Crippen LogP contribution in [-0.2, 0) is 5.41 Å². The molecule has 2 aliphatic rings. The number of nitrogens with zero attached hydrogens (tertiary/aromatic N) is 2. The quantitative estimate of drug-likeness (QED) is 0.136. The number of hydrogen-bond donors (Lipinski definition) is 0. The van der Waals surface area contributed by atoms with Gasteiger partial charge in [-0.2, -0.15) is 0 Å². The molecular formula is C73H50N2O2. The fourth-order valence-electron chi connectivity index (χ4n) is 11.7. The number of para-hydroxylation sites is 4. The molecule has 12 aromatic rings. The highest BCUT2D eigenvalue weighted by Crippen LogP contribution is 2.65. The fraction of sp³-hybridized carbons (Fsp3) is 0.0137. The Bertz CT molecular complexity index is 3690. The summed E-state index contributed by atoms with van der Waals surface area (Å²) in [6, 6.07) is 108. The van der Waals surface area contributed by atoms with Crippen molar-refractivity contribution in [3.63, 3.8) is 0 Å². The minimum absolute atomic E-state index is 0.741. The summed E-state index contributed by atoms with van der Waals surface area (Å²) < 4.78 is 14.9. The maximum atomic E-state index is 7.98. The Hall–Kier alpha value is -10.2. The highest BCUT2D eigenvalue weighted by atomic mass is 16.5. The fourth-order valence-corrected chi connectivity index (χ4v) is 11.7. The summed E-state index contributed by atoms with van der Waals surface area (Å²) in [4.78, 5) is 4.75. The van der Waals surface area contributed by atoms with Crippen LogP contribution < -0.4 is 19.3 Å². The number of anilines is 6. The first-order valence-electron chi connectivity index (χ1n) is 26.2. The summed E-state index contributed by atoms with van der Waals surface area (Å²) in [7, 11) is 0. The minimum Gasteiger partial charge on any atom is -0.457 e. The van der Waals surface area contributed by atoms with Crippen molar-refractivity contribution in [3.8, 4) is 67.5 Å². The van der Waals surface area contributed by atoms with Crippen LogP contribution in [0.2, 0.25) is 0 Å². The summed E-state index contributed by atoms with van der Waals surface area (Å²) in [5, 5.41) is 0. The molecule has 2 heterocycles. The van der Waals surface area contributed by atoms with Gasteiger partial charge in [0.05, 0.1) is 16.8 Å². The second-order valence-electron chi connectivity index (χ2n) is 19.6. The topological polar surface area (TPSA) is 24.9 Å². The van der Waals surface area contributed by atoms with E-state index in [0.29, 0.717) is 0 Å². The van der Waals surface area contributed by atoms with Gasteiger partial charge in [-0.05, 0) is 117 Å². The molecule has 0 saturated heterocycles. The lowest BCUT2D eigenvalue weighted by atomic mass is 9.62. The highest BCUT2D eigenvalue weighted by Gasteiger charge is 2.52. The van der Waals surface area contributed by atoms with Crippen LogP contribution in [0.25, 0.3) is 44.5 Å². The van der Waals surface area contributed by atoms with Crippen molar-refractivity contribution in [2.45, 2.75) is 5.41 Å². The van der Waals surface area contributed by atoms with E-state index in [4.69, 9.17) is 9.47 Å². The molecule has 0 aromatic heterocycles. The predicted octanol–water partition coefficient (Wildman–Crippen LogP) is 19.9. The van der Waals surface area contributed by atoms with Gasteiger partial charge in [-0.3, -0.25) is 0 Å². The smallest absolute Gasteiger partial charge is 0.156 e. The average Bonchev–Trinajstić information content (AvgIpc) is 3.64. The molecule has 1 spiro atoms. The Kier molecular flexibility index (Phi) is 11.4. The number of hydrogen-bond acceptors (Lipinski definition) is 4. The molecule has 0 bridgehead atoms. The molecule has 77 heavy (non-hydrogen) atoms. The van der Waals surface area contributed by atoms with Gasteiger partial charge in [0.25, 0.3) is 0 Å². The van der Waals surface area contributed by atoms with E-state index in [1.54, 1.807) is 0 Å². The Labute approximate surface area is 449 Å². The Morgan fingerprint density at radius 1 is 0.221 bits per heavy atom. The van der Waals surface area contributed by atoms with E-state index in [1.807, 2.05) is 0 Å². The summed E-state index contributed by atoms with van der Waals surface area (Å²) in [6.45, 7) is 0. The third-order valence-corrected chi connectivity index (χ3v) is 15.1. The third-order valence-electron chi connectivity index (χ3n) is 15.1. The van der Waals surface area contributed by atoms with Crippen molar-refractivity contribution in [3.05, 3.63) is 326 Å². The van der Waals surface area contributed by atoms with Crippen LogP contribution in [0.5, 0.6) is 23.0 Å². The van der Waals surface area contributed by atoms with Crippen molar-refractivity contribution in [2.24, 2.45) is 0 Å². The molecule has 0 atom stereocenters. The van der Waals surface area contributed by atoms with Gasteiger partial charge in [-0.1, -0.05) is 231 Å². The molecule has 2 aliphatic heterocycles. The third kappa shape index (κ3) is 7.94. The molecule has 4 heteroatoms. The van der Waals surface area contributed by atoms with Crippen molar-refractivity contribution < 1.29 is 9.47 Å². The molecular weight excluding hydrogens is 937 g/mol. The maximum Gasteiger partial charge on any atom is 0.156 e. The average molecular weight is 987 g/mol. The van der Waals surface area contributed by atoms with Crippen LogP contribution in [0.15, 0.2) is 303 Å². The monoisotopic (exact) mass is 986 g/mol. The largest absolute Gasteiger partial charge is 0.457 e. The van der Waals surface area contributed by atoms with Crippen molar-refractivity contribution in [2.75, 3.05) is 9.80 Å². The first-order valence-corrected chi connectivity index (χ1v) is 26.2. The molecule has 0 fully saturated rings. The number of rotatable bonds is 10. The highest BCUT2D eigenvalue weighted by molar-refractivity contribution is 5.92. The normalized spacial score (nSPS) is 12.5. The molecule has 0 saturated carbocycles. The minimum atomic E-state index is -0.909.